The van der Waals surface area contributed by atoms with Gasteiger partial charge in [0.15, 0.2) is 0 Å². The van der Waals surface area contributed by atoms with Gasteiger partial charge in [-0.05, 0) is 42.7 Å². The van der Waals surface area contributed by atoms with Crippen LogP contribution in [0.3, 0.4) is 0 Å². The SMILES string of the molecule is CC1(C)[C@H]2CC[C@]1(C)[C@H](OC(=O)C(=[N+]=[N-])c1ccccc1)C2. The number of carbonyl (C=O) groups is 1. The Bertz CT molecular complexity index is 646. The summed E-state index contributed by atoms with van der Waals surface area (Å²) in [5, 5.41) is 0. The van der Waals surface area contributed by atoms with Gasteiger partial charge in [-0.15, -0.1) is 0 Å². The first-order valence-electron chi connectivity index (χ1n) is 7.88. The highest BCUT2D eigenvalue weighted by atomic mass is 16.5. The summed E-state index contributed by atoms with van der Waals surface area (Å²) in [5.74, 6) is 0.0600. The van der Waals surface area contributed by atoms with E-state index < -0.39 is 5.97 Å². The first kappa shape index (κ1) is 15.0. The van der Waals surface area contributed by atoms with Gasteiger partial charge in [0.2, 0.25) is 0 Å². The van der Waals surface area contributed by atoms with Gasteiger partial charge in [0.1, 0.15) is 6.10 Å². The van der Waals surface area contributed by atoms with Crippen LogP contribution in [0.1, 0.15) is 45.6 Å². The number of esters is 1. The van der Waals surface area contributed by atoms with E-state index in [1.54, 1.807) is 24.3 Å². The third-order valence-corrected chi connectivity index (χ3v) is 6.30. The van der Waals surface area contributed by atoms with E-state index in [1.807, 2.05) is 6.07 Å². The van der Waals surface area contributed by atoms with Gasteiger partial charge in [0.05, 0.1) is 5.56 Å². The number of nitrogens with zero attached hydrogens (tertiary/aromatic N) is 2. The molecule has 0 aromatic heterocycles. The van der Waals surface area contributed by atoms with Crippen molar-refractivity contribution < 1.29 is 14.3 Å². The van der Waals surface area contributed by atoms with E-state index in [2.05, 4.69) is 25.6 Å². The average Bonchev–Trinajstić information content (AvgIpc) is 2.82. The van der Waals surface area contributed by atoms with Crippen LogP contribution in [0.2, 0.25) is 0 Å². The molecule has 0 amide bonds. The Labute approximate surface area is 131 Å². The van der Waals surface area contributed by atoms with Crippen LogP contribution in [0.4, 0.5) is 0 Å². The Kier molecular flexibility index (Phi) is 3.45. The molecule has 1 aromatic carbocycles. The van der Waals surface area contributed by atoms with Crippen molar-refractivity contribution >= 4 is 11.7 Å². The van der Waals surface area contributed by atoms with E-state index in [0.29, 0.717) is 11.5 Å². The van der Waals surface area contributed by atoms with Crippen molar-refractivity contribution in [2.24, 2.45) is 16.7 Å². The van der Waals surface area contributed by atoms with E-state index in [0.717, 1.165) is 12.8 Å². The van der Waals surface area contributed by atoms with Gasteiger partial charge in [0.25, 0.3) is 0 Å². The lowest BCUT2D eigenvalue weighted by molar-refractivity contribution is -0.152. The lowest BCUT2D eigenvalue weighted by atomic mass is 9.70. The van der Waals surface area contributed by atoms with Crippen molar-refractivity contribution in [3.63, 3.8) is 0 Å². The molecule has 4 nitrogen and oxygen atoms in total. The second kappa shape index (κ2) is 5.06. The Morgan fingerprint density at radius 3 is 2.45 bits per heavy atom. The lowest BCUT2D eigenvalue weighted by Gasteiger charge is -2.38. The van der Waals surface area contributed by atoms with Gasteiger partial charge in [-0.1, -0.05) is 39.0 Å². The minimum atomic E-state index is -0.539. The zero-order valence-electron chi connectivity index (χ0n) is 13.4. The van der Waals surface area contributed by atoms with Crippen molar-refractivity contribution in [3.8, 4) is 0 Å². The molecule has 2 aliphatic carbocycles. The molecule has 2 saturated carbocycles. The molecule has 4 heteroatoms. The third-order valence-electron chi connectivity index (χ3n) is 6.30. The molecule has 0 aliphatic heterocycles. The molecule has 22 heavy (non-hydrogen) atoms. The van der Waals surface area contributed by atoms with E-state index in [-0.39, 0.29) is 22.6 Å². The summed E-state index contributed by atoms with van der Waals surface area (Å²) in [6.07, 6.45) is 3.09. The molecule has 116 valence electrons. The quantitative estimate of drug-likeness (QED) is 0.371. The molecule has 2 aliphatic rings. The predicted octanol–water partition coefficient (Wildman–Crippen LogP) is 3.46. The molecule has 0 unspecified atom stereocenters. The monoisotopic (exact) mass is 298 g/mol. The third kappa shape index (κ3) is 2.02. The van der Waals surface area contributed by atoms with Crippen LogP contribution in [-0.2, 0) is 9.53 Å². The van der Waals surface area contributed by atoms with Crippen LogP contribution in [0.5, 0.6) is 0 Å². The summed E-state index contributed by atoms with van der Waals surface area (Å²) in [4.78, 5) is 15.6. The standard InChI is InChI=1S/C18H22N2O2/c1-17(2)13-9-10-18(17,3)14(11-13)22-16(21)15(20-19)12-7-5-4-6-8-12/h4-8,13-14H,9-11H2,1-3H3/t13-,14+,18+/m0/s1. The molecule has 2 bridgehead atoms. The van der Waals surface area contributed by atoms with Gasteiger partial charge in [0, 0.05) is 5.41 Å². The zero-order chi connectivity index (χ0) is 16.0. The summed E-state index contributed by atoms with van der Waals surface area (Å²) in [5.41, 5.74) is 9.94. The molecular formula is C18H22N2O2. The molecule has 0 heterocycles. The molecule has 2 fully saturated rings. The van der Waals surface area contributed by atoms with Gasteiger partial charge < -0.3 is 10.3 Å². The van der Waals surface area contributed by atoms with Crippen molar-refractivity contribution in [2.45, 2.75) is 46.1 Å². The number of hydrogen-bond donors (Lipinski definition) is 0. The van der Waals surface area contributed by atoms with Crippen molar-refractivity contribution in [3.05, 3.63) is 41.4 Å². The van der Waals surface area contributed by atoms with Crippen LogP contribution in [0.15, 0.2) is 30.3 Å². The molecule has 0 radical (unpaired) electrons. The highest BCUT2D eigenvalue weighted by Gasteiger charge is 2.63. The van der Waals surface area contributed by atoms with Gasteiger partial charge in [-0.2, -0.15) is 4.79 Å². The van der Waals surface area contributed by atoms with Crippen LogP contribution in [0.25, 0.3) is 5.53 Å². The lowest BCUT2D eigenvalue weighted by Crippen LogP contribution is -2.39. The van der Waals surface area contributed by atoms with Crippen LogP contribution in [-0.4, -0.2) is 22.6 Å². The number of benzene rings is 1. The number of rotatable bonds is 3. The van der Waals surface area contributed by atoms with E-state index in [1.165, 1.54) is 6.42 Å². The van der Waals surface area contributed by atoms with Gasteiger partial charge in [-0.25, -0.2) is 4.79 Å². The largest absolute Gasteiger partial charge is 0.453 e. The van der Waals surface area contributed by atoms with Crippen molar-refractivity contribution in [1.29, 1.82) is 0 Å². The molecule has 0 saturated heterocycles. The zero-order valence-corrected chi connectivity index (χ0v) is 13.4. The molecule has 0 spiro atoms. The van der Waals surface area contributed by atoms with Crippen LogP contribution in [0, 0.1) is 16.7 Å². The fourth-order valence-corrected chi connectivity index (χ4v) is 4.31. The fraction of sp³-hybridized carbons (Fsp3) is 0.556. The summed E-state index contributed by atoms with van der Waals surface area (Å²) in [6, 6.07) is 8.93. The second-order valence-corrected chi connectivity index (χ2v) is 7.32. The Hall–Kier alpha value is -1.93. The normalized spacial score (nSPS) is 31.6. The fourth-order valence-electron chi connectivity index (χ4n) is 4.31. The molecule has 0 N–H and O–H groups in total. The summed E-state index contributed by atoms with van der Waals surface area (Å²) in [7, 11) is 0. The number of carbonyl (C=O) groups excluding carboxylic acids is 1. The maximum absolute atomic E-state index is 12.4. The number of hydrogen-bond acceptors (Lipinski definition) is 2. The van der Waals surface area contributed by atoms with Gasteiger partial charge in [-0.3, -0.25) is 0 Å². The van der Waals surface area contributed by atoms with E-state index >= 15 is 0 Å². The summed E-state index contributed by atoms with van der Waals surface area (Å²) < 4.78 is 5.76. The minimum Gasteiger partial charge on any atom is -0.453 e. The van der Waals surface area contributed by atoms with Gasteiger partial charge >= 0.3 is 11.7 Å². The minimum absolute atomic E-state index is 0.00454. The summed E-state index contributed by atoms with van der Waals surface area (Å²) >= 11 is 0. The van der Waals surface area contributed by atoms with Crippen molar-refractivity contribution in [2.75, 3.05) is 0 Å². The molecule has 3 atom stereocenters. The van der Waals surface area contributed by atoms with E-state index in [9.17, 15) is 10.3 Å². The molecule has 1 aromatic rings. The molecule has 3 rings (SSSR count). The Morgan fingerprint density at radius 2 is 1.95 bits per heavy atom. The number of fused-ring (bicyclic) bond motifs is 2. The highest BCUT2D eigenvalue weighted by Crippen LogP contribution is 2.66. The first-order chi connectivity index (χ1) is 10.4. The van der Waals surface area contributed by atoms with E-state index in [4.69, 9.17) is 4.74 Å². The molecular weight excluding hydrogens is 276 g/mol. The topological polar surface area (TPSA) is 62.7 Å². The Morgan fingerprint density at radius 1 is 1.27 bits per heavy atom. The van der Waals surface area contributed by atoms with Crippen molar-refractivity contribution in [1.82, 2.24) is 0 Å². The Balaban J connectivity index is 1.80. The average molecular weight is 298 g/mol. The van der Waals surface area contributed by atoms with Crippen LogP contribution >= 0.6 is 0 Å². The second-order valence-electron chi connectivity index (χ2n) is 7.32. The van der Waals surface area contributed by atoms with Crippen LogP contribution < -0.4 is 0 Å². The summed E-state index contributed by atoms with van der Waals surface area (Å²) in [6.45, 7) is 6.77. The first-order valence-corrected chi connectivity index (χ1v) is 7.88. The maximum atomic E-state index is 12.4. The predicted molar refractivity (Wildman–Crippen MR) is 83.3 cm³/mol. The highest BCUT2D eigenvalue weighted by molar-refractivity contribution is 6.40. The number of ether oxygens (including phenoxy) is 1. The maximum Gasteiger partial charge on any atom is 0.422 e. The smallest absolute Gasteiger partial charge is 0.422 e.